The molecule has 1 aromatic carbocycles. The molecule has 2 rings (SSSR count). The number of nitrogens with zero attached hydrogens (tertiary/aromatic N) is 1. The molecule has 0 aliphatic carbocycles. The van der Waals surface area contributed by atoms with Crippen molar-refractivity contribution in [2.24, 2.45) is 0 Å². The lowest BCUT2D eigenvalue weighted by atomic mass is 10.1. The van der Waals surface area contributed by atoms with E-state index in [2.05, 4.69) is 16.5 Å². The Bertz CT molecular complexity index is 907. The van der Waals surface area contributed by atoms with E-state index < -0.39 is 5.97 Å². The Morgan fingerprint density at radius 3 is 2.85 bits per heavy atom. The summed E-state index contributed by atoms with van der Waals surface area (Å²) in [4.78, 5) is 18.7. The normalized spacial score (nSPS) is 12.7. The number of nitrogens with one attached hydrogen (secondary N) is 1. The maximum atomic E-state index is 11.4. The first-order valence-corrected chi connectivity index (χ1v) is 8.57. The molecule has 0 saturated heterocycles. The molecule has 0 amide bonds. The molecule has 0 aliphatic heterocycles. The van der Waals surface area contributed by atoms with E-state index >= 15 is 0 Å². The Morgan fingerprint density at radius 2 is 2.19 bits per heavy atom. The Balaban J connectivity index is 2.22. The molecule has 5 nitrogen and oxygen atoms in total. The molecule has 0 atom stereocenters. The monoisotopic (exact) mass is 372 g/mol. The summed E-state index contributed by atoms with van der Waals surface area (Å²) in [5.41, 5.74) is 3.19. The number of hydrogen-bond donors (Lipinski definition) is 2. The number of imidazole rings is 1. The number of hydrogen-bond acceptors (Lipinski definition) is 3. The lowest BCUT2D eigenvalue weighted by molar-refractivity contribution is -0.132. The molecule has 26 heavy (non-hydrogen) atoms. The van der Waals surface area contributed by atoms with E-state index in [1.165, 1.54) is 12.3 Å². The highest BCUT2D eigenvalue weighted by atomic mass is 35.5. The van der Waals surface area contributed by atoms with Gasteiger partial charge in [-0.1, -0.05) is 36.8 Å². The Kier molecular flexibility index (Phi) is 6.81. The Labute approximate surface area is 157 Å². The first kappa shape index (κ1) is 19.5. The molecule has 0 bridgehead atoms. The van der Waals surface area contributed by atoms with Crippen LogP contribution in [0.15, 0.2) is 60.4 Å². The first-order valence-electron chi connectivity index (χ1n) is 8.19. The molecule has 0 saturated carbocycles. The number of aromatic amines is 1. The summed E-state index contributed by atoms with van der Waals surface area (Å²) in [5, 5.41) is 9.93. The van der Waals surface area contributed by atoms with Crippen LogP contribution in [0.1, 0.15) is 25.8 Å². The van der Waals surface area contributed by atoms with Crippen molar-refractivity contribution in [2.45, 2.75) is 26.7 Å². The van der Waals surface area contributed by atoms with E-state index in [1.54, 1.807) is 25.1 Å². The van der Waals surface area contributed by atoms with E-state index in [1.807, 2.05) is 19.1 Å². The minimum atomic E-state index is -1.02. The fraction of sp³-hybridized carbons (Fsp3) is 0.200. The van der Waals surface area contributed by atoms with Gasteiger partial charge in [0.2, 0.25) is 0 Å². The standard InChI is InChI=1S/C20H21ClN2O3/c1-4-6-8-13(3)15(19(24)25)9-10-26-20-22-17-11-14(7-5-2)16(21)12-18(17)23-20/h5-6,8-12H,2,4,7H2,1,3H3,(H,22,23)(H,24,25)/b8-6-,10-9+,15-13+. The summed E-state index contributed by atoms with van der Waals surface area (Å²) in [7, 11) is 0. The van der Waals surface area contributed by atoms with Crippen LogP contribution in [-0.4, -0.2) is 21.0 Å². The zero-order valence-corrected chi connectivity index (χ0v) is 15.5. The fourth-order valence-corrected chi connectivity index (χ4v) is 2.58. The Morgan fingerprint density at radius 1 is 1.42 bits per heavy atom. The van der Waals surface area contributed by atoms with Gasteiger partial charge in [-0.25, -0.2) is 4.79 Å². The summed E-state index contributed by atoms with van der Waals surface area (Å²) in [5.74, 6) is -1.02. The maximum absolute atomic E-state index is 11.4. The number of benzene rings is 1. The predicted octanol–water partition coefficient (Wildman–Crippen LogP) is 5.20. The molecule has 0 spiro atoms. The van der Waals surface area contributed by atoms with Crippen LogP contribution in [0.5, 0.6) is 6.01 Å². The first-order chi connectivity index (χ1) is 12.5. The van der Waals surface area contributed by atoms with Crippen LogP contribution in [0.25, 0.3) is 11.0 Å². The van der Waals surface area contributed by atoms with Gasteiger partial charge in [0, 0.05) is 5.02 Å². The Hall–Kier alpha value is -2.79. The summed E-state index contributed by atoms with van der Waals surface area (Å²) < 4.78 is 5.43. The smallest absolute Gasteiger partial charge is 0.336 e. The molecule has 2 aromatic rings. The molecule has 1 aromatic heterocycles. The highest BCUT2D eigenvalue weighted by Gasteiger charge is 2.09. The van der Waals surface area contributed by atoms with Crippen molar-refractivity contribution in [2.75, 3.05) is 0 Å². The third-order valence-electron chi connectivity index (χ3n) is 3.67. The van der Waals surface area contributed by atoms with Crippen LogP contribution < -0.4 is 4.74 Å². The number of H-pyrrole nitrogens is 1. The highest BCUT2D eigenvalue weighted by Crippen LogP contribution is 2.25. The van der Waals surface area contributed by atoms with Gasteiger partial charge < -0.3 is 14.8 Å². The van der Waals surface area contributed by atoms with Crippen LogP contribution in [0.2, 0.25) is 5.02 Å². The van der Waals surface area contributed by atoms with Gasteiger partial charge in [-0.15, -0.1) is 6.58 Å². The second-order valence-electron chi connectivity index (χ2n) is 5.63. The van der Waals surface area contributed by atoms with Crippen molar-refractivity contribution >= 4 is 28.6 Å². The molecule has 0 radical (unpaired) electrons. The number of aliphatic carboxylic acids is 1. The highest BCUT2D eigenvalue weighted by molar-refractivity contribution is 6.32. The van der Waals surface area contributed by atoms with E-state index in [0.717, 1.165) is 17.5 Å². The van der Waals surface area contributed by atoms with Gasteiger partial charge in [0.15, 0.2) is 0 Å². The molecule has 136 valence electrons. The van der Waals surface area contributed by atoms with Gasteiger partial charge in [0.05, 0.1) is 22.9 Å². The number of fused-ring (bicyclic) bond motifs is 1. The maximum Gasteiger partial charge on any atom is 0.336 e. The minimum Gasteiger partial charge on any atom is -0.478 e. The third-order valence-corrected chi connectivity index (χ3v) is 4.02. The summed E-state index contributed by atoms with van der Waals surface area (Å²) in [6.07, 6.45) is 9.65. The van der Waals surface area contributed by atoms with Gasteiger partial charge >= 0.3 is 5.97 Å². The van der Waals surface area contributed by atoms with Crippen molar-refractivity contribution in [3.63, 3.8) is 0 Å². The van der Waals surface area contributed by atoms with E-state index in [-0.39, 0.29) is 11.6 Å². The van der Waals surface area contributed by atoms with Crippen LogP contribution in [0.3, 0.4) is 0 Å². The van der Waals surface area contributed by atoms with Crippen LogP contribution in [0.4, 0.5) is 0 Å². The summed E-state index contributed by atoms with van der Waals surface area (Å²) in [6.45, 7) is 7.43. The molecular weight excluding hydrogens is 352 g/mol. The minimum absolute atomic E-state index is 0.155. The summed E-state index contributed by atoms with van der Waals surface area (Å²) >= 11 is 6.21. The van der Waals surface area contributed by atoms with E-state index in [0.29, 0.717) is 22.5 Å². The number of rotatable bonds is 8. The average Bonchev–Trinajstić information content (AvgIpc) is 2.98. The fourth-order valence-electron chi connectivity index (χ4n) is 2.34. The topological polar surface area (TPSA) is 75.2 Å². The molecule has 0 fully saturated rings. The largest absolute Gasteiger partial charge is 0.478 e. The van der Waals surface area contributed by atoms with Gasteiger partial charge in [0.25, 0.3) is 6.01 Å². The third kappa shape index (κ3) is 4.86. The number of ether oxygens (including phenoxy) is 1. The number of carbonyl (C=O) groups is 1. The van der Waals surface area contributed by atoms with Gasteiger partial charge in [-0.3, -0.25) is 0 Å². The van der Waals surface area contributed by atoms with Crippen LogP contribution in [0, 0.1) is 0 Å². The average molecular weight is 373 g/mol. The zero-order valence-electron chi connectivity index (χ0n) is 14.8. The quantitative estimate of drug-likeness (QED) is 0.289. The molecule has 0 aliphatic rings. The van der Waals surface area contributed by atoms with Crippen molar-refractivity contribution in [3.05, 3.63) is 71.0 Å². The van der Waals surface area contributed by atoms with Crippen LogP contribution in [-0.2, 0) is 11.2 Å². The summed E-state index contributed by atoms with van der Waals surface area (Å²) in [6, 6.07) is 3.91. The molecular formula is C20H21ClN2O3. The van der Waals surface area contributed by atoms with E-state index in [9.17, 15) is 9.90 Å². The van der Waals surface area contributed by atoms with Crippen molar-refractivity contribution < 1.29 is 14.6 Å². The lowest BCUT2D eigenvalue weighted by Crippen LogP contribution is -2.00. The number of aromatic nitrogens is 2. The molecule has 6 heteroatoms. The lowest BCUT2D eigenvalue weighted by Gasteiger charge is -2.00. The number of carboxylic acids is 1. The van der Waals surface area contributed by atoms with Gasteiger partial charge in [-0.2, -0.15) is 4.98 Å². The van der Waals surface area contributed by atoms with Gasteiger partial charge in [0.1, 0.15) is 0 Å². The predicted molar refractivity (Wildman–Crippen MR) is 105 cm³/mol. The molecule has 2 N–H and O–H groups in total. The van der Waals surface area contributed by atoms with Crippen molar-refractivity contribution in [1.29, 1.82) is 0 Å². The SMILES string of the molecule is C=CCc1cc2[nH]c(O/C=C/C(C(=O)O)=C(C)\C=C/CC)nc2cc1Cl. The van der Waals surface area contributed by atoms with Gasteiger partial charge in [-0.05, 0) is 49.1 Å². The van der Waals surface area contributed by atoms with Crippen molar-refractivity contribution in [1.82, 2.24) is 9.97 Å². The zero-order chi connectivity index (χ0) is 19.1. The number of carboxylic acid groups (broad SMARTS) is 1. The number of allylic oxidation sites excluding steroid dienone is 4. The molecule has 0 unspecified atom stereocenters. The second kappa shape index (κ2) is 9.06. The second-order valence-corrected chi connectivity index (χ2v) is 6.04. The molecule has 1 heterocycles. The van der Waals surface area contributed by atoms with Crippen molar-refractivity contribution in [3.8, 4) is 6.01 Å². The van der Waals surface area contributed by atoms with E-state index in [4.69, 9.17) is 16.3 Å². The van der Waals surface area contributed by atoms with Crippen LogP contribution >= 0.6 is 11.6 Å². The number of halogens is 1.